The first-order valence-electron chi connectivity index (χ1n) is 13.2. The van der Waals surface area contributed by atoms with E-state index in [2.05, 4.69) is 14.8 Å². The van der Waals surface area contributed by atoms with Crippen LogP contribution in [0.1, 0.15) is 68.5 Å². The van der Waals surface area contributed by atoms with Crippen LogP contribution in [0.4, 0.5) is 8.78 Å². The third-order valence-corrected chi connectivity index (χ3v) is 8.70. The van der Waals surface area contributed by atoms with E-state index in [1.54, 1.807) is 25.3 Å². The van der Waals surface area contributed by atoms with Gasteiger partial charge in [0.2, 0.25) is 0 Å². The van der Waals surface area contributed by atoms with Gasteiger partial charge in [0.25, 0.3) is 0 Å². The Balaban J connectivity index is 1.65. The predicted octanol–water partition coefficient (Wildman–Crippen LogP) is 6.44. The van der Waals surface area contributed by atoms with E-state index in [9.17, 15) is 14.3 Å². The number of benzene rings is 2. The molecule has 3 heterocycles. The van der Waals surface area contributed by atoms with Crippen molar-refractivity contribution in [2.24, 2.45) is 5.41 Å². The minimum Gasteiger partial charge on any atom is -0.494 e. The molecule has 200 valence electrons. The van der Waals surface area contributed by atoms with Crippen LogP contribution in [0.2, 0.25) is 0 Å². The zero-order valence-electron chi connectivity index (χ0n) is 21.5. The minimum absolute atomic E-state index is 0.0127. The van der Waals surface area contributed by atoms with Crippen LogP contribution >= 0.6 is 0 Å². The van der Waals surface area contributed by atoms with Gasteiger partial charge in [-0.15, -0.1) is 0 Å². The number of fused-ring (bicyclic) bond motifs is 2. The van der Waals surface area contributed by atoms with Gasteiger partial charge in [-0.3, -0.25) is 9.89 Å². The molecule has 0 radical (unpaired) electrons. The summed E-state index contributed by atoms with van der Waals surface area (Å²) in [6.45, 7) is 3.01. The summed E-state index contributed by atoms with van der Waals surface area (Å²) in [4.78, 5) is 12.0. The Labute approximate surface area is 218 Å². The third-order valence-electron chi connectivity index (χ3n) is 8.70. The van der Waals surface area contributed by atoms with Crippen molar-refractivity contribution in [2.75, 3.05) is 20.3 Å². The van der Waals surface area contributed by atoms with Crippen molar-refractivity contribution < 1.29 is 28.2 Å². The Bertz CT molecular complexity index is 1530. The number of hydrogen-bond acceptors (Lipinski definition) is 4. The van der Waals surface area contributed by atoms with E-state index in [0.29, 0.717) is 66.4 Å². The van der Waals surface area contributed by atoms with Crippen LogP contribution in [0, 0.1) is 17.0 Å². The molecule has 6 rings (SSSR count). The largest absolute Gasteiger partial charge is 0.494 e. The summed E-state index contributed by atoms with van der Waals surface area (Å²) in [6.07, 6.45) is 5.49. The maximum atomic E-state index is 16.4. The third kappa shape index (κ3) is 3.86. The lowest BCUT2D eigenvalue weighted by molar-refractivity contribution is -0.149. The molecule has 38 heavy (non-hydrogen) atoms. The summed E-state index contributed by atoms with van der Waals surface area (Å²) in [5, 5.41) is 17.9. The number of halogens is 2. The van der Waals surface area contributed by atoms with Crippen LogP contribution in [0.5, 0.6) is 5.75 Å². The number of methoxy groups -OCH3 is 1. The highest BCUT2D eigenvalue weighted by Gasteiger charge is 2.41. The van der Waals surface area contributed by atoms with Gasteiger partial charge >= 0.3 is 5.97 Å². The second-order valence-electron chi connectivity index (χ2n) is 10.9. The molecule has 1 aliphatic carbocycles. The van der Waals surface area contributed by atoms with E-state index in [1.165, 1.54) is 13.2 Å². The van der Waals surface area contributed by atoms with E-state index < -0.39 is 17.2 Å². The lowest BCUT2D eigenvalue weighted by Gasteiger charge is -2.35. The van der Waals surface area contributed by atoms with Gasteiger partial charge in [-0.1, -0.05) is 0 Å². The monoisotopic (exact) mass is 523 g/mol. The number of aromatic nitrogens is 3. The van der Waals surface area contributed by atoms with E-state index in [1.807, 2.05) is 6.07 Å². The fourth-order valence-electron chi connectivity index (χ4n) is 6.46. The maximum Gasteiger partial charge on any atom is 0.309 e. The van der Waals surface area contributed by atoms with Crippen molar-refractivity contribution in [3.05, 3.63) is 53.4 Å². The Morgan fingerprint density at radius 3 is 2.58 bits per heavy atom. The Hall–Kier alpha value is -3.46. The molecule has 2 fully saturated rings. The highest BCUT2D eigenvalue weighted by atomic mass is 19.1. The van der Waals surface area contributed by atoms with Gasteiger partial charge in [0.1, 0.15) is 5.52 Å². The van der Waals surface area contributed by atoms with Crippen LogP contribution in [-0.4, -0.2) is 46.2 Å². The van der Waals surface area contributed by atoms with Gasteiger partial charge in [-0.05, 0) is 75.1 Å². The van der Waals surface area contributed by atoms with Crippen LogP contribution in [0.25, 0.3) is 27.5 Å². The van der Waals surface area contributed by atoms with Crippen molar-refractivity contribution in [1.82, 2.24) is 14.8 Å². The summed E-state index contributed by atoms with van der Waals surface area (Å²) in [5.74, 6) is -1.41. The normalized spacial score (nSPS) is 22.8. The molecule has 0 spiro atoms. The van der Waals surface area contributed by atoms with Crippen LogP contribution in [0.15, 0.2) is 30.5 Å². The molecule has 2 aromatic carbocycles. The molecule has 4 aromatic rings. The number of ether oxygens (including phenoxy) is 2. The van der Waals surface area contributed by atoms with Gasteiger partial charge in [-0.25, -0.2) is 8.78 Å². The Morgan fingerprint density at radius 2 is 1.89 bits per heavy atom. The summed E-state index contributed by atoms with van der Waals surface area (Å²) in [5.41, 5.74) is 2.87. The number of carbonyl (C=O) groups is 1. The number of aromatic amines is 1. The molecule has 2 N–H and O–H groups in total. The van der Waals surface area contributed by atoms with Gasteiger partial charge < -0.3 is 19.1 Å². The number of H-pyrrole nitrogens is 1. The van der Waals surface area contributed by atoms with Crippen LogP contribution in [0.3, 0.4) is 0 Å². The molecule has 9 heteroatoms. The van der Waals surface area contributed by atoms with Crippen molar-refractivity contribution in [3.63, 3.8) is 0 Å². The van der Waals surface area contributed by atoms with E-state index in [0.717, 1.165) is 24.1 Å². The number of carboxylic acids is 1. The zero-order valence-corrected chi connectivity index (χ0v) is 21.5. The summed E-state index contributed by atoms with van der Waals surface area (Å²) in [7, 11) is 1.43. The van der Waals surface area contributed by atoms with Crippen molar-refractivity contribution in [3.8, 4) is 11.4 Å². The van der Waals surface area contributed by atoms with E-state index in [-0.39, 0.29) is 23.4 Å². The van der Waals surface area contributed by atoms with Crippen LogP contribution in [-0.2, 0) is 9.53 Å². The second-order valence-corrected chi connectivity index (χ2v) is 10.9. The first kappa shape index (κ1) is 24.9. The highest BCUT2D eigenvalue weighted by Crippen LogP contribution is 2.50. The minimum atomic E-state index is -0.785. The van der Waals surface area contributed by atoms with Gasteiger partial charge in [-0.2, -0.15) is 5.10 Å². The molecule has 2 aliphatic rings. The van der Waals surface area contributed by atoms with Crippen molar-refractivity contribution in [1.29, 1.82) is 0 Å². The van der Waals surface area contributed by atoms with E-state index >= 15 is 4.39 Å². The van der Waals surface area contributed by atoms with E-state index in [4.69, 9.17) is 9.47 Å². The molecule has 0 amide bonds. The summed E-state index contributed by atoms with van der Waals surface area (Å²) >= 11 is 0. The molecule has 1 aliphatic heterocycles. The SMILES string of the molecule is COc1cc(-n2c(C3CCOCC3)c(C3CCC(C)(C(=O)O)CC3)c3c(F)c4[nH]ncc4cc32)ccc1F. The number of carboxylic acid groups (broad SMARTS) is 1. The maximum absolute atomic E-state index is 16.4. The average Bonchev–Trinajstić information content (AvgIpc) is 3.53. The molecule has 1 saturated heterocycles. The Morgan fingerprint density at radius 1 is 1.16 bits per heavy atom. The summed E-state index contributed by atoms with van der Waals surface area (Å²) in [6, 6.07) is 6.66. The molecule has 7 nitrogen and oxygen atoms in total. The number of nitrogens with one attached hydrogen (secondary N) is 1. The van der Waals surface area contributed by atoms with Crippen LogP contribution < -0.4 is 4.74 Å². The Kier molecular flexibility index (Phi) is 6.13. The highest BCUT2D eigenvalue weighted by molar-refractivity contribution is 6.00. The first-order valence-corrected chi connectivity index (χ1v) is 13.2. The van der Waals surface area contributed by atoms with Crippen molar-refractivity contribution in [2.45, 2.75) is 57.3 Å². The molecule has 2 aromatic heterocycles. The fourth-order valence-corrected chi connectivity index (χ4v) is 6.46. The standard InChI is InChI=1S/C29H31F2N3O4/c1-29(28(35)36)9-5-16(6-10-29)23-24-21(13-18-15-32-33-26(18)25(24)31)34(27(23)17-7-11-38-12-8-17)19-3-4-20(30)22(14-19)37-2/h3-4,13-17H,5-12H2,1-2H3,(H,32,33)(H,35,36). The molecule has 0 atom stereocenters. The number of aliphatic carboxylic acids is 1. The zero-order chi connectivity index (χ0) is 26.6. The lowest BCUT2D eigenvalue weighted by Crippen LogP contribution is -2.32. The topological polar surface area (TPSA) is 89.4 Å². The van der Waals surface area contributed by atoms with Gasteiger partial charge in [0.05, 0.1) is 24.2 Å². The molecule has 1 saturated carbocycles. The lowest BCUT2D eigenvalue weighted by atomic mass is 9.69. The van der Waals surface area contributed by atoms with Gasteiger partial charge in [0, 0.05) is 47.4 Å². The predicted molar refractivity (Wildman–Crippen MR) is 139 cm³/mol. The molecule has 0 bridgehead atoms. The average molecular weight is 524 g/mol. The molecule has 0 unspecified atom stereocenters. The second kappa shape index (κ2) is 9.38. The molecular weight excluding hydrogens is 492 g/mol. The van der Waals surface area contributed by atoms with Crippen molar-refractivity contribution >= 4 is 27.8 Å². The van der Waals surface area contributed by atoms with Gasteiger partial charge in [0.15, 0.2) is 17.4 Å². The quantitative estimate of drug-likeness (QED) is 0.314. The number of nitrogens with zero attached hydrogens (tertiary/aromatic N) is 2. The smallest absolute Gasteiger partial charge is 0.309 e. The first-order chi connectivity index (χ1) is 18.3. The molecular formula is C29H31F2N3O4. The number of hydrogen-bond donors (Lipinski definition) is 2. The fraction of sp³-hybridized carbons (Fsp3) is 0.448. The summed E-state index contributed by atoms with van der Waals surface area (Å²) < 4.78 is 43.9. The number of rotatable bonds is 5.